The number of ether oxygens (including phenoxy) is 1. The Bertz CT molecular complexity index is 458. The zero-order valence-corrected chi connectivity index (χ0v) is 10.3. The van der Waals surface area contributed by atoms with Crippen LogP contribution in [0.2, 0.25) is 0 Å². The number of nitrogens with one attached hydrogen (secondary N) is 1. The summed E-state index contributed by atoms with van der Waals surface area (Å²) < 4.78 is 10.1. The Morgan fingerprint density at radius 2 is 2.39 bits per heavy atom. The number of methoxy groups -OCH3 is 1. The lowest BCUT2D eigenvalue weighted by atomic mass is 10.2. The molecule has 2 rings (SSSR count). The van der Waals surface area contributed by atoms with Crippen molar-refractivity contribution in [3.05, 3.63) is 41.8 Å². The smallest absolute Gasteiger partial charge is 0.240 e. The van der Waals surface area contributed by atoms with Gasteiger partial charge in [-0.05, 0) is 11.6 Å². The third-order valence-electron chi connectivity index (χ3n) is 2.35. The third-order valence-corrected chi connectivity index (χ3v) is 2.35. The van der Waals surface area contributed by atoms with E-state index in [4.69, 9.17) is 9.26 Å². The normalized spacial score (nSPS) is 10.7. The van der Waals surface area contributed by atoms with E-state index in [0.717, 1.165) is 12.1 Å². The van der Waals surface area contributed by atoms with Crippen LogP contribution < -0.4 is 5.32 Å². The molecule has 0 aliphatic carbocycles. The highest BCUT2D eigenvalue weighted by molar-refractivity contribution is 5.13. The molecular formula is C12H16N4O2. The maximum atomic E-state index is 5.13. The molecule has 0 aliphatic rings. The van der Waals surface area contributed by atoms with Gasteiger partial charge in [0.1, 0.15) is 0 Å². The molecule has 0 aromatic carbocycles. The summed E-state index contributed by atoms with van der Waals surface area (Å²) in [5, 5.41) is 7.07. The van der Waals surface area contributed by atoms with Gasteiger partial charge in [0.05, 0.1) is 13.2 Å². The lowest BCUT2D eigenvalue weighted by Crippen LogP contribution is -2.18. The molecule has 2 aromatic heterocycles. The van der Waals surface area contributed by atoms with Crippen LogP contribution >= 0.6 is 0 Å². The number of nitrogens with zero attached hydrogens (tertiary/aromatic N) is 3. The van der Waals surface area contributed by atoms with Gasteiger partial charge in [0.2, 0.25) is 5.89 Å². The Morgan fingerprint density at radius 3 is 3.17 bits per heavy atom. The maximum Gasteiger partial charge on any atom is 0.240 e. The highest BCUT2D eigenvalue weighted by Gasteiger charge is 2.06. The number of hydrogen-bond donors (Lipinski definition) is 1. The maximum absolute atomic E-state index is 5.13. The first-order valence-electron chi connectivity index (χ1n) is 5.78. The summed E-state index contributed by atoms with van der Waals surface area (Å²) in [6.45, 7) is 1.98. The second-order valence-corrected chi connectivity index (χ2v) is 3.81. The molecule has 0 bridgehead atoms. The Balaban J connectivity index is 1.83. The van der Waals surface area contributed by atoms with Gasteiger partial charge in [-0.2, -0.15) is 4.98 Å². The van der Waals surface area contributed by atoms with Crippen molar-refractivity contribution in [1.29, 1.82) is 0 Å². The topological polar surface area (TPSA) is 73.1 Å². The zero-order chi connectivity index (χ0) is 12.6. The van der Waals surface area contributed by atoms with E-state index in [2.05, 4.69) is 20.4 Å². The van der Waals surface area contributed by atoms with Crippen molar-refractivity contribution in [1.82, 2.24) is 20.4 Å². The van der Waals surface area contributed by atoms with Crippen molar-refractivity contribution in [3.63, 3.8) is 0 Å². The quantitative estimate of drug-likeness (QED) is 0.730. The zero-order valence-electron chi connectivity index (χ0n) is 10.3. The van der Waals surface area contributed by atoms with Crippen molar-refractivity contribution in [2.24, 2.45) is 0 Å². The van der Waals surface area contributed by atoms with Crippen LogP contribution in [-0.2, 0) is 17.7 Å². The molecule has 0 aliphatic heterocycles. The number of pyridine rings is 1. The van der Waals surface area contributed by atoms with Crippen LogP contribution in [0.25, 0.3) is 0 Å². The Labute approximate surface area is 105 Å². The molecule has 0 spiro atoms. The van der Waals surface area contributed by atoms with Gasteiger partial charge in [-0.3, -0.25) is 4.98 Å². The van der Waals surface area contributed by atoms with Crippen LogP contribution in [0.15, 0.2) is 29.0 Å². The van der Waals surface area contributed by atoms with Gasteiger partial charge in [0.25, 0.3) is 0 Å². The second kappa shape index (κ2) is 6.83. The molecule has 0 atom stereocenters. The van der Waals surface area contributed by atoms with Gasteiger partial charge < -0.3 is 14.6 Å². The Hall–Kier alpha value is -1.79. The molecule has 1 N–H and O–H groups in total. The van der Waals surface area contributed by atoms with Gasteiger partial charge in [0.15, 0.2) is 5.82 Å². The van der Waals surface area contributed by atoms with E-state index in [1.54, 1.807) is 19.5 Å². The molecule has 6 nitrogen and oxygen atoms in total. The van der Waals surface area contributed by atoms with Crippen molar-refractivity contribution < 1.29 is 9.26 Å². The minimum absolute atomic E-state index is 0.559. The lowest BCUT2D eigenvalue weighted by Gasteiger charge is -1.98. The van der Waals surface area contributed by atoms with Gasteiger partial charge in [-0.1, -0.05) is 11.2 Å². The number of hydrogen-bond acceptors (Lipinski definition) is 6. The molecular weight excluding hydrogens is 232 g/mol. The summed E-state index contributed by atoms with van der Waals surface area (Å²) in [5.74, 6) is 1.26. The minimum atomic E-state index is 0.559. The summed E-state index contributed by atoms with van der Waals surface area (Å²) in [4.78, 5) is 8.34. The molecule has 18 heavy (non-hydrogen) atoms. The molecule has 2 heterocycles. The largest absolute Gasteiger partial charge is 0.383 e. The van der Waals surface area contributed by atoms with Crippen molar-refractivity contribution in [3.8, 4) is 0 Å². The van der Waals surface area contributed by atoms with Gasteiger partial charge in [0, 0.05) is 32.5 Å². The van der Waals surface area contributed by atoms with Crippen LogP contribution in [0, 0.1) is 0 Å². The molecule has 6 heteroatoms. The summed E-state index contributed by atoms with van der Waals surface area (Å²) in [7, 11) is 1.67. The molecule has 0 radical (unpaired) electrons. The van der Waals surface area contributed by atoms with E-state index >= 15 is 0 Å². The molecule has 2 aromatic rings. The van der Waals surface area contributed by atoms with E-state index in [1.807, 2.05) is 12.1 Å². The van der Waals surface area contributed by atoms with Gasteiger partial charge in [-0.25, -0.2) is 0 Å². The first-order chi connectivity index (χ1) is 8.88. The van der Waals surface area contributed by atoms with Gasteiger partial charge in [-0.15, -0.1) is 0 Å². The average Bonchev–Trinajstić information content (AvgIpc) is 2.84. The average molecular weight is 248 g/mol. The molecule has 0 fully saturated rings. The predicted octanol–water partition coefficient (Wildman–Crippen LogP) is 0.791. The minimum Gasteiger partial charge on any atom is -0.383 e. The van der Waals surface area contributed by atoms with Crippen molar-refractivity contribution in [2.75, 3.05) is 20.3 Å². The van der Waals surface area contributed by atoms with Crippen LogP contribution in [0.5, 0.6) is 0 Å². The van der Waals surface area contributed by atoms with E-state index in [1.165, 1.54) is 0 Å². The molecule has 96 valence electrons. The number of rotatable bonds is 7. The summed E-state index contributed by atoms with van der Waals surface area (Å²) in [6.07, 6.45) is 4.17. The monoisotopic (exact) mass is 248 g/mol. The van der Waals surface area contributed by atoms with E-state index in [9.17, 15) is 0 Å². The first-order valence-corrected chi connectivity index (χ1v) is 5.78. The first kappa shape index (κ1) is 12.7. The third kappa shape index (κ3) is 3.90. The van der Waals surface area contributed by atoms with Crippen molar-refractivity contribution in [2.45, 2.75) is 13.0 Å². The van der Waals surface area contributed by atoms with Crippen LogP contribution in [0.3, 0.4) is 0 Å². The molecule has 0 saturated carbocycles. The molecule has 0 amide bonds. The van der Waals surface area contributed by atoms with Gasteiger partial charge >= 0.3 is 0 Å². The van der Waals surface area contributed by atoms with Crippen LogP contribution in [-0.4, -0.2) is 35.4 Å². The summed E-state index contributed by atoms with van der Waals surface area (Å²) >= 11 is 0. The second-order valence-electron chi connectivity index (χ2n) is 3.81. The summed E-state index contributed by atoms with van der Waals surface area (Å²) in [6, 6.07) is 3.88. The number of aromatic nitrogens is 3. The van der Waals surface area contributed by atoms with E-state index < -0.39 is 0 Å². The Kier molecular flexibility index (Phi) is 4.80. The standard InChI is InChI=1S/C12H16N4O2/c1-17-6-5-14-9-12-15-11(16-18-12)7-10-3-2-4-13-8-10/h2-4,8,14H,5-7,9H2,1H3. The fourth-order valence-corrected chi connectivity index (χ4v) is 1.49. The lowest BCUT2D eigenvalue weighted by molar-refractivity contribution is 0.197. The van der Waals surface area contributed by atoms with Crippen LogP contribution in [0.1, 0.15) is 17.3 Å². The van der Waals surface area contributed by atoms with E-state index in [-0.39, 0.29) is 0 Å². The summed E-state index contributed by atoms with van der Waals surface area (Å²) in [5.41, 5.74) is 1.07. The van der Waals surface area contributed by atoms with Crippen molar-refractivity contribution >= 4 is 0 Å². The fraction of sp³-hybridized carbons (Fsp3) is 0.417. The Morgan fingerprint density at radius 1 is 1.44 bits per heavy atom. The highest BCUT2D eigenvalue weighted by Crippen LogP contribution is 2.05. The van der Waals surface area contributed by atoms with E-state index in [0.29, 0.717) is 31.3 Å². The van der Waals surface area contributed by atoms with Crippen LogP contribution in [0.4, 0.5) is 0 Å². The predicted molar refractivity (Wildman–Crippen MR) is 64.9 cm³/mol. The fourth-order valence-electron chi connectivity index (χ4n) is 1.49. The highest BCUT2D eigenvalue weighted by atomic mass is 16.5. The molecule has 0 unspecified atom stereocenters. The molecule has 0 saturated heterocycles. The SMILES string of the molecule is COCCNCc1nc(Cc2cccnc2)no1.